The minimum atomic E-state index is -0.483. The first-order chi connectivity index (χ1) is 11.5. The van der Waals surface area contributed by atoms with Crippen LogP contribution in [-0.2, 0) is 6.54 Å². The maximum Gasteiger partial charge on any atom is 0.318 e. The summed E-state index contributed by atoms with van der Waals surface area (Å²) in [6.45, 7) is -0.00208. The Morgan fingerprint density at radius 1 is 1.29 bits per heavy atom. The van der Waals surface area contributed by atoms with Crippen LogP contribution in [0.25, 0.3) is 0 Å². The highest BCUT2D eigenvalue weighted by atomic mass is 19.1. The molecule has 5 nitrogen and oxygen atoms in total. The van der Waals surface area contributed by atoms with E-state index in [1.165, 1.54) is 17.0 Å². The van der Waals surface area contributed by atoms with Crippen molar-refractivity contribution >= 4 is 6.03 Å². The molecule has 0 spiro atoms. The van der Waals surface area contributed by atoms with Gasteiger partial charge in [-0.25, -0.2) is 9.18 Å². The molecule has 0 aliphatic heterocycles. The fraction of sp³-hybridized carbons (Fsp3) is 0.278. The molecule has 1 atom stereocenters. The summed E-state index contributed by atoms with van der Waals surface area (Å²) in [6, 6.07) is 12.4. The number of aliphatic hydroxyl groups excluding tert-OH is 1. The number of likely N-dealkylation sites (N-methyl/N-ethyl adjacent to an activating group) is 1. The number of urea groups is 1. The van der Waals surface area contributed by atoms with Crippen LogP contribution in [0.15, 0.2) is 48.5 Å². The van der Waals surface area contributed by atoms with Crippen molar-refractivity contribution in [3.8, 4) is 5.75 Å². The lowest BCUT2D eigenvalue weighted by Gasteiger charge is -2.27. The van der Waals surface area contributed by atoms with Gasteiger partial charge in [0, 0.05) is 13.6 Å². The number of benzene rings is 2. The van der Waals surface area contributed by atoms with Gasteiger partial charge < -0.3 is 20.1 Å². The van der Waals surface area contributed by atoms with Gasteiger partial charge in [0.15, 0.2) is 0 Å². The largest absolute Gasteiger partial charge is 0.497 e. The topological polar surface area (TPSA) is 61.8 Å². The number of halogens is 1. The van der Waals surface area contributed by atoms with Gasteiger partial charge in [0.2, 0.25) is 0 Å². The second-order valence-corrected chi connectivity index (χ2v) is 5.37. The molecule has 0 heterocycles. The Bertz CT molecular complexity index is 676. The lowest BCUT2D eigenvalue weighted by atomic mass is 10.1. The van der Waals surface area contributed by atoms with E-state index >= 15 is 0 Å². The number of aliphatic hydroxyl groups is 1. The van der Waals surface area contributed by atoms with Crippen LogP contribution >= 0.6 is 0 Å². The van der Waals surface area contributed by atoms with Crippen LogP contribution in [0.5, 0.6) is 5.75 Å². The molecule has 0 fully saturated rings. The average Bonchev–Trinajstić information content (AvgIpc) is 2.61. The number of nitrogens with zero attached hydrogens (tertiary/aromatic N) is 1. The Morgan fingerprint density at radius 2 is 2.00 bits per heavy atom. The highest BCUT2D eigenvalue weighted by Gasteiger charge is 2.20. The third-order valence-corrected chi connectivity index (χ3v) is 3.79. The number of carbonyl (C=O) groups excluding carboxylic acids is 1. The van der Waals surface area contributed by atoms with E-state index in [-0.39, 0.29) is 25.0 Å². The highest BCUT2D eigenvalue weighted by Crippen LogP contribution is 2.22. The maximum absolute atomic E-state index is 13.1. The molecule has 2 amide bonds. The third kappa shape index (κ3) is 4.45. The fourth-order valence-corrected chi connectivity index (χ4v) is 2.37. The van der Waals surface area contributed by atoms with E-state index in [4.69, 9.17) is 4.74 Å². The first kappa shape index (κ1) is 17.7. The number of nitrogens with one attached hydrogen (secondary N) is 1. The molecule has 0 bridgehead atoms. The molecule has 2 aromatic rings. The van der Waals surface area contributed by atoms with Crippen molar-refractivity contribution in [2.45, 2.75) is 12.6 Å². The fourth-order valence-electron chi connectivity index (χ4n) is 2.37. The lowest BCUT2D eigenvalue weighted by Crippen LogP contribution is -2.40. The second kappa shape index (κ2) is 8.31. The van der Waals surface area contributed by atoms with Gasteiger partial charge in [0.1, 0.15) is 11.6 Å². The highest BCUT2D eigenvalue weighted by molar-refractivity contribution is 5.74. The Hall–Kier alpha value is -2.60. The van der Waals surface area contributed by atoms with Crippen molar-refractivity contribution in [3.63, 3.8) is 0 Å². The van der Waals surface area contributed by atoms with Crippen molar-refractivity contribution in [1.29, 1.82) is 0 Å². The summed E-state index contributed by atoms with van der Waals surface area (Å²) in [4.78, 5) is 13.7. The van der Waals surface area contributed by atoms with E-state index in [0.29, 0.717) is 11.3 Å². The molecule has 24 heavy (non-hydrogen) atoms. The molecule has 0 aliphatic carbocycles. The molecule has 1 unspecified atom stereocenters. The molecule has 0 saturated carbocycles. The zero-order valence-electron chi connectivity index (χ0n) is 13.7. The minimum Gasteiger partial charge on any atom is -0.497 e. The predicted octanol–water partition coefficient (Wildman–Crippen LogP) is 2.71. The normalized spacial score (nSPS) is 11.7. The number of hydrogen-bond acceptors (Lipinski definition) is 3. The zero-order chi connectivity index (χ0) is 17.5. The van der Waals surface area contributed by atoms with E-state index < -0.39 is 6.04 Å². The second-order valence-electron chi connectivity index (χ2n) is 5.37. The van der Waals surface area contributed by atoms with Gasteiger partial charge in [-0.3, -0.25) is 0 Å². The maximum atomic E-state index is 13.1. The Labute approximate surface area is 140 Å². The summed E-state index contributed by atoms with van der Waals surface area (Å²) in [6.07, 6.45) is 0. The van der Waals surface area contributed by atoms with E-state index in [0.717, 1.165) is 5.56 Å². The lowest BCUT2D eigenvalue weighted by molar-refractivity contribution is 0.149. The first-order valence-electron chi connectivity index (χ1n) is 7.55. The van der Waals surface area contributed by atoms with Crippen molar-refractivity contribution in [2.75, 3.05) is 20.8 Å². The van der Waals surface area contributed by atoms with E-state index in [9.17, 15) is 14.3 Å². The molecule has 0 aliphatic rings. The van der Waals surface area contributed by atoms with Gasteiger partial charge in [0.25, 0.3) is 0 Å². The number of amides is 2. The first-order valence-corrected chi connectivity index (χ1v) is 7.55. The molecule has 0 saturated heterocycles. The van der Waals surface area contributed by atoms with Gasteiger partial charge >= 0.3 is 6.03 Å². The van der Waals surface area contributed by atoms with Crippen molar-refractivity contribution in [2.24, 2.45) is 0 Å². The molecule has 0 aromatic heterocycles. The Balaban J connectivity index is 2.01. The van der Waals surface area contributed by atoms with Gasteiger partial charge in [0.05, 0.1) is 19.8 Å². The Kier molecular flexibility index (Phi) is 6.14. The van der Waals surface area contributed by atoms with Gasteiger partial charge in [-0.1, -0.05) is 24.3 Å². The molecular weight excluding hydrogens is 311 g/mol. The molecular formula is C18H21FN2O3. The van der Waals surface area contributed by atoms with E-state index in [1.807, 2.05) is 0 Å². The van der Waals surface area contributed by atoms with Crippen LogP contribution in [-0.4, -0.2) is 36.8 Å². The number of methoxy groups -OCH3 is 1. The SMILES string of the molecule is COc1ccc(C(CO)N(C)C(=O)NCc2cccc(F)c2)cc1. The zero-order valence-corrected chi connectivity index (χ0v) is 13.7. The summed E-state index contributed by atoms with van der Waals surface area (Å²) < 4.78 is 18.3. The molecule has 128 valence electrons. The van der Waals surface area contributed by atoms with Crippen LogP contribution in [0.4, 0.5) is 9.18 Å². The number of ether oxygens (including phenoxy) is 1. The molecule has 2 N–H and O–H groups in total. The van der Waals surface area contributed by atoms with E-state index in [2.05, 4.69) is 5.32 Å². The average molecular weight is 332 g/mol. The van der Waals surface area contributed by atoms with Crippen LogP contribution in [0.1, 0.15) is 17.2 Å². The summed E-state index contributed by atoms with van der Waals surface area (Å²) in [7, 11) is 3.18. The summed E-state index contributed by atoms with van der Waals surface area (Å²) in [5.41, 5.74) is 1.46. The third-order valence-electron chi connectivity index (χ3n) is 3.79. The smallest absolute Gasteiger partial charge is 0.318 e. The predicted molar refractivity (Wildman–Crippen MR) is 89.2 cm³/mol. The summed E-state index contributed by atoms with van der Waals surface area (Å²) >= 11 is 0. The summed E-state index contributed by atoms with van der Waals surface area (Å²) in [5, 5.41) is 12.4. The number of hydrogen-bond donors (Lipinski definition) is 2. The molecule has 2 aromatic carbocycles. The van der Waals surface area contributed by atoms with Crippen LogP contribution in [0, 0.1) is 5.82 Å². The van der Waals surface area contributed by atoms with Crippen molar-refractivity contribution in [1.82, 2.24) is 10.2 Å². The number of carbonyl (C=O) groups is 1. The van der Waals surface area contributed by atoms with Crippen LogP contribution in [0.3, 0.4) is 0 Å². The van der Waals surface area contributed by atoms with Crippen LogP contribution in [0.2, 0.25) is 0 Å². The van der Waals surface area contributed by atoms with Gasteiger partial charge in [-0.05, 0) is 35.4 Å². The molecule has 0 radical (unpaired) electrons. The monoisotopic (exact) mass is 332 g/mol. The Morgan fingerprint density at radius 3 is 2.58 bits per heavy atom. The van der Waals surface area contributed by atoms with E-state index in [1.54, 1.807) is 50.6 Å². The van der Waals surface area contributed by atoms with Crippen molar-refractivity contribution in [3.05, 3.63) is 65.5 Å². The minimum absolute atomic E-state index is 0.210. The van der Waals surface area contributed by atoms with Gasteiger partial charge in [-0.2, -0.15) is 0 Å². The van der Waals surface area contributed by atoms with Crippen molar-refractivity contribution < 1.29 is 19.0 Å². The molecule has 2 rings (SSSR count). The quantitative estimate of drug-likeness (QED) is 0.855. The number of rotatable bonds is 6. The van der Waals surface area contributed by atoms with Gasteiger partial charge in [-0.15, -0.1) is 0 Å². The molecule has 6 heteroatoms. The van der Waals surface area contributed by atoms with Crippen LogP contribution < -0.4 is 10.1 Å². The standard InChI is InChI=1S/C18H21FN2O3/c1-21(17(12-22)14-6-8-16(24-2)9-7-14)18(23)20-11-13-4-3-5-15(19)10-13/h3-10,17,22H,11-12H2,1-2H3,(H,20,23). The summed E-state index contributed by atoms with van der Waals surface area (Å²) in [5.74, 6) is 0.357.